The van der Waals surface area contributed by atoms with Crippen LogP contribution in [0.15, 0.2) is 169 Å². The lowest BCUT2D eigenvalue weighted by atomic mass is 9.89. The predicted molar refractivity (Wildman–Crippen MR) is 219 cm³/mol. The number of aliphatic imine (C=N–C) groups is 1. The zero-order valence-corrected chi connectivity index (χ0v) is 30.9. The summed E-state index contributed by atoms with van der Waals surface area (Å²) < 4.78 is 89.0. The fraction of sp³-hybridized carbons (Fsp3) is 0.122. The number of allylic oxidation sites excluding steroid dienone is 4. The van der Waals surface area contributed by atoms with E-state index in [9.17, 15) is 13.2 Å². The molecule has 6 aromatic carbocycles. The molecule has 0 fully saturated rings. The van der Waals surface area contributed by atoms with Crippen molar-refractivity contribution in [1.29, 1.82) is 0 Å². The van der Waals surface area contributed by atoms with E-state index in [0.717, 1.165) is 61.8 Å². The van der Waals surface area contributed by atoms with E-state index in [4.69, 9.17) is 4.99 Å². The van der Waals surface area contributed by atoms with Gasteiger partial charge in [0.05, 0.1) is 27.9 Å². The molecule has 0 aliphatic carbocycles. The Morgan fingerprint density at radius 2 is 1.30 bits per heavy atom. The van der Waals surface area contributed by atoms with Crippen molar-refractivity contribution in [2.45, 2.75) is 38.5 Å². The van der Waals surface area contributed by atoms with Gasteiger partial charge in [0, 0.05) is 38.9 Å². The Hall–Kier alpha value is -6.41. The van der Waals surface area contributed by atoms with E-state index in [-0.39, 0.29) is 17.2 Å². The molecule has 0 saturated carbocycles. The van der Waals surface area contributed by atoms with Crippen molar-refractivity contribution in [3.8, 4) is 16.8 Å². The summed E-state index contributed by atoms with van der Waals surface area (Å²) in [6.07, 6.45) is -4.58. The summed E-state index contributed by atoms with van der Waals surface area (Å²) in [4.78, 5) is 5.32. The van der Waals surface area contributed by atoms with Crippen molar-refractivity contribution < 1.29 is 26.3 Å². The second kappa shape index (κ2) is 14.9. The number of hydrogen-bond donors (Lipinski definition) is 0. The average Bonchev–Trinajstić information content (AvgIpc) is 3.57. The molecule has 0 unspecified atom stereocenters. The van der Waals surface area contributed by atoms with E-state index in [1.54, 1.807) is 18.2 Å². The lowest BCUT2D eigenvalue weighted by Gasteiger charge is -2.21. The van der Waals surface area contributed by atoms with Gasteiger partial charge in [-0.3, -0.25) is 4.99 Å². The highest BCUT2D eigenvalue weighted by molar-refractivity contribution is 6.12. The Balaban J connectivity index is 1.45. The molecule has 8 heteroatoms. The Morgan fingerprint density at radius 3 is 2.00 bits per heavy atom. The molecule has 0 atom stereocenters. The largest absolute Gasteiger partial charge is 0.417 e. The first-order valence-electron chi connectivity index (χ1n) is 18.6. The SMILES string of the molecule is C=CC1=C(c2ccccc2)N=C(c2ccc(-n3c4ccccc4c4cc(C)ccc43)cc2-c2ccc(C(F)(F)F)cc2C(F)(F)F)CCCC=C1c1ccccc1. The van der Waals surface area contributed by atoms with Gasteiger partial charge in [-0.25, -0.2) is 0 Å². The van der Waals surface area contributed by atoms with Crippen LogP contribution in [0.2, 0.25) is 0 Å². The van der Waals surface area contributed by atoms with Crippen molar-refractivity contribution in [2.75, 3.05) is 0 Å². The minimum absolute atomic E-state index is 0.119. The van der Waals surface area contributed by atoms with Crippen molar-refractivity contribution in [3.05, 3.63) is 197 Å². The van der Waals surface area contributed by atoms with Gasteiger partial charge in [-0.2, -0.15) is 26.3 Å². The van der Waals surface area contributed by atoms with Gasteiger partial charge in [-0.1, -0.05) is 121 Å². The van der Waals surface area contributed by atoms with E-state index in [1.807, 2.05) is 115 Å². The van der Waals surface area contributed by atoms with Crippen LogP contribution in [0.4, 0.5) is 26.3 Å². The minimum Gasteiger partial charge on any atom is -0.309 e. The van der Waals surface area contributed by atoms with Gasteiger partial charge < -0.3 is 4.57 Å². The van der Waals surface area contributed by atoms with Gasteiger partial charge in [0.25, 0.3) is 0 Å². The fourth-order valence-electron chi connectivity index (χ4n) is 7.81. The van der Waals surface area contributed by atoms with E-state index in [1.165, 1.54) is 0 Å². The summed E-state index contributed by atoms with van der Waals surface area (Å²) in [6.45, 7) is 6.17. The topological polar surface area (TPSA) is 17.3 Å². The molecule has 0 saturated heterocycles. The Labute approximate surface area is 326 Å². The number of para-hydroxylation sites is 1. The van der Waals surface area contributed by atoms with E-state index >= 15 is 13.2 Å². The first-order valence-corrected chi connectivity index (χ1v) is 18.6. The molecule has 2 heterocycles. The molecule has 1 aromatic heterocycles. The van der Waals surface area contributed by atoms with Gasteiger partial charge in [0.1, 0.15) is 0 Å². The standard InChI is InChI=1S/C49H36F6N2/c1-3-36-37(32-14-6-4-7-15-32)18-10-12-20-44(56-47(36)33-16-8-5-9-17-33)39-26-24-35(57-45-21-13-11-19-40(45)42-28-31(2)22-27-46(42)57)30-41(39)38-25-23-34(48(50,51)52)29-43(38)49(53,54)55/h3-9,11,13-19,21-30H,1,10,12,20H2,2H3. The van der Waals surface area contributed by atoms with E-state index in [0.29, 0.717) is 41.9 Å². The quantitative estimate of drug-likeness (QED) is 0.150. The van der Waals surface area contributed by atoms with Crippen LogP contribution in [0.5, 0.6) is 0 Å². The number of fused-ring (bicyclic) bond motifs is 3. The summed E-state index contributed by atoms with van der Waals surface area (Å²) in [7, 11) is 0. The summed E-state index contributed by atoms with van der Waals surface area (Å²) in [5, 5.41) is 1.93. The number of benzene rings is 6. The summed E-state index contributed by atoms with van der Waals surface area (Å²) in [5.74, 6) is 0. The highest BCUT2D eigenvalue weighted by Gasteiger charge is 2.39. The molecular formula is C49H36F6N2. The van der Waals surface area contributed by atoms with Crippen LogP contribution in [-0.2, 0) is 12.4 Å². The molecule has 0 amide bonds. The van der Waals surface area contributed by atoms with Crippen molar-refractivity contribution in [2.24, 2.45) is 4.99 Å². The molecule has 0 radical (unpaired) electrons. The van der Waals surface area contributed by atoms with Gasteiger partial charge in [0.2, 0.25) is 0 Å². The van der Waals surface area contributed by atoms with Gasteiger partial charge >= 0.3 is 12.4 Å². The molecule has 0 spiro atoms. The van der Waals surface area contributed by atoms with E-state index < -0.39 is 23.5 Å². The molecule has 1 aliphatic heterocycles. The highest BCUT2D eigenvalue weighted by atomic mass is 19.4. The lowest BCUT2D eigenvalue weighted by Crippen LogP contribution is -2.13. The van der Waals surface area contributed by atoms with Crippen molar-refractivity contribution >= 4 is 38.8 Å². The molecule has 0 N–H and O–H groups in total. The summed E-state index contributed by atoms with van der Waals surface area (Å²) >= 11 is 0. The number of aromatic nitrogens is 1. The van der Waals surface area contributed by atoms with Gasteiger partial charge in [0.15, 0.2) is 0 Å². The zero-order chi connectivity index (χ0) is 39.9. The monoisotopic (exact) mass is 766 g/mol. The average molecular weight is 767 g/mol. The molecular weight excluding hydrogens is 731 g/mol. The first-order chi connectivity index (χ1) is 27.4. The number of aryl methyl sites for hydroxylation is 1. The zero-order valence-electron chi connectivity index (χ0n) is 30.9. The molecule has 7 aromatic rings. The predicted octanol–water partition coefficient (Wildman–Crippen LogP) is 14.5. The molecule has 284 valence electrons. The summed E-state index contributed by atoms with van der Waals surface area (Å²) in [6, 6.07) is 40.3. The first kappa shape index (κ1) is 37.5. The second-order valence-corrected chi connectivity index (χ2v) is 14.1. The van der Waals surface area contributed by atoms with E-state index in [2.05, 4.69) is 18.7 Å². The highest BCUT2D eigenvalue weighted by Crippen LogP contribution is 2.44. The number of rotatable bonds is 6. The van der Waals surface area contributed by atoms with Crippen LogP contribution >= 0.6 is 0 Å². The van der Waals surface area contributed by atoms with Crippen LogP contribution in [0, 0.1) is 6.92 Å². The smallest absolute Gasteiger partial charge is 0.309 e. The van der Waals surface area contributed by atoms with Gasteiger partial charge in [-0.05, 0) is 90.9 Å². The normalized spacial score (nSPS) is 14.2. The number of halogens is 6. The molecule has 8 rings (SSSR count). The van der Waals surface area contributed by atoms with Crippen LogP contribution in [0.25, 0.3) is 49.9 Å². The Kier molecular flexibility index (Phi) is 9.82. The number of alkyl halides is 6. The third-order valence-electron chi connectivity index (χ3n) is 10.4. The van der Waals surface area contributed by atoms with Crippen LogP contribution in [0.1, 0.15) is 52.6 Å². The second-order valence-electron chi connectivity index (χ2n) is 14.1. The van der Waals surface area contributed by atoms with Crippen molar-refractivity contribution in [3.63, 3.8) is 0 Å². The van der Waals surface area contributed by atoms with Crippen LogP contribution in [-0.4, -0.2) is 10.3 Å². The molecule has 57 heavy (non-hydrogen) atoms. The van der Waals surface area contributed by atoms with Crippen LogP contribution in [0.3, 0.4) is 0 Å². The minimum atomic E-state index is -5.10. The maximum Gasteiger partial charge on any atom is 0.417 e. The fourth-order valence-corrected chi connectivity index (χ4v) is 7.81. The van der Waals surface area contributed by atoms with Gasteiger partial charge in [-0.15, -0.1) is 0 Å². The lowest BCUT2D eigenvalue weighted by molar-refractivity contribution is -0.142. The Bertz CT molecular complexity index is 2750. The third-order valence-corrected chi connectivity index (χ3v) is 10.4. The maximum absolute atomic E-state index is 15.0. The summed E-state index contributed by atoms with van der Waals surface area (Å²) in [5.41, 5.74) is 5.15. The van der Waals surface area contributed by atoms with Crippen LogP contribution < -0.4 is 0 Å². The molecule has 0 bridgehead atoms. The third kappa shape index (κ3) is 7.24. The molecule has 2 nitrogen and oxygen atoms in total. The maximum atomic E-state index is 15.0. The number of nitrogens with zero attached hydrogens (tertiary/aromatic N) is 2. The molecule has 1 aliphatic rings. The Morgan fingerprint density at radius 1 is 0.632 bits per heavy atom. The number of hydrogen-bond acceptors (Lipinski definition) is 1. The van der Waals surface area contributed by atoms with Crippen molar-refractivity contribution in [1.82, 2.24) is 4.57 Å².